The lowest BCUT2D eigenvalue weighted by Crippen LogP contribution is -1.94. The van der Waals surface area contributed by atoms with Gasteiger partial charge in [0.05, 0.1) is 20.5 Å². The van der Waals surface area contributed by atoms with Crippen LogP contribution in [0.5, 0.6) is 5.75 Å². The third-order valence-corrected chi connectivity index (χ3v) is 5.89. The standard InChI is InChI=1S/C16H14Br2N4OS/c1-8(2)13-5-10-15(19-7-20-16(10)24-13)22-21-6-9-3-11(17)14(23)12(18)4-9/h3-8,23H,1-2H3,(H,19,20,22). The van der Waals surface area contributed by atoms with Crippen molar-refractivity contribution in [3.05, 3.63) is 43.9 Å². The summed E-state index contributed by atoms with van der Waals surface area (Å²) in [4.78, 5) is 10.8. The van der Waals surface area contributed by atoms with Gasteiger partial charge in [0.2, 0.25) is 0 Å². The van der Waals surface area contributed by atoms with Crippen molar-refractivity contribution in [1.82, 2.24) is 9.97 Å². The highest BCUT2D eigenvalue weighted by Crippen LogP contribution is 2.33. The van der Waals surface area contributed by atoms with Crippen LogP contribution in [0, 0.1) is 0 Å². The molecular formula is C16H14Br2N4OS. The fraction of sp³-hybridized carbons (Fsp3) is 0.188. The molecule has 0 spiro atoms. The quantitative estimate of drug-likeness (QED) is 0.391. The molecular weight excluding hydrogens is 456 g/mol. The molecule has 0 saturated carbocycles. The van der Waals surface area contributed by atoms with Crippen LogP contribution in [-0.2, 0) is 0 Å². The number of nitrogens with one attached hydrogen (secondary N) is 1. The van der Waals surface area contributed by atoms with Gasteiger partial charge >= 0.3 is 0 Å². The van der Waals surface area contributed by atoms with Gasteiger partial charge in [0.1, 0.15) is 16.9 Å². The average molecular weight is 470 g/mol. The third kappa shape index (κ3) is 3.60. The summed E-state index contributed by atoms with van der Waals surface area (Å²) in [6, 6.07) is 5.67. The van der Waals surface area contributed by atoms with Gasteiger partial charge in [-0.15, -0.1) is 11.3 Å². The third-order valence-electron chi connectivity index (χ3n) is 3.34. The molecule has 0 fully saturated rings. The Bertz CT molecular complexity index is 901. The molecule has 2 N–H and O–H groups in total. The SMILES string of the molecule is CC(C)c1cc2c(NN=Cc3cc(Br)c(O)c(Br)c3)ncnc2s1. The monoisotopic (exact) mass is 468 g/mol. The predicted octanol–water partition coefficient (Wildman–Crippen LogP) is 5.49. The minimum atomic E-state index is 0.164. The van der Waals surface area contributed by atoms with Gasteiger partial charge in [-0.25, -0.2) is 9.97 Å². The van der Waals surface area contributed by atoms with Gasteiger partial charge in [-0.2, -0.15) is 5.10 Å². The number of phenolic OH excluding ortho intramolecular Hbond substituents is 1. The van der Waals surface area contributed by atoms with Crippen LogP contribution in [0.1, 0.15) is 30.2 Å². The number of halogens is 2. The van der Waals surface area contributed by atoms with E-state index < -0.39 is 0 Å². The number of aromatic hydroxyl groups is 1. The number of rotatable bonds is 4. The summed E-state index contributed by atoms with van der Waals surface area (Å²) in [6.45, 7) is 4.31. The number of hydrazone groups is 1. The molecule has 0 aliphatic rings. The number of nitrogens with zero attached hydrogens (tertiary/aromatic N) is 3. The molecule has 5 nitrogen and oxygen atoms in total. The van der Waals surface area contributed by atoms with Crippen LogP contribution in [0.4, 0.5) is 5.82 Å². The van der Waals surface area contributed by atoms with Gasteiger partial charge in [0.25, 0.3) is 0 Å². The summed E-state index contributed by atoms with van der Waals surface area (Å²) in [7, 11) is 0. The van der Waals surface area contributed by atoms with E-state index >= 15 is 0 Å². The van der Waals surface area contributed by atoms with Crippen molar-refractivity contribution < 1.29 is 5.11 Å². The molecule has 8 heteroatoms. The largest absolute Gasteiger partial charge is 0.506 e. The Morgan fingerprint density at radius 1 is 1.21 bits per heavy atom. The maximum absolute atomic E-state index is 9.73. The van der Waals surface area contributed by atoms with Crippen molar-refractivity contribution in [2.75, 3.05) is 5.43 Å². The van der Waals surface area contributed by atoms with Gasteiger partial charge in [-0.1, -0.05) is 13.8 Å². The highest BCUT2D eigenvalue weighted by atomic mass is 79.9. The second-order valence-corrected chi connectivity index (χ2v) is 8.22. The first kappa shape index (κ1) is 17.3. The summed E-state index contributed by atoms with van der Waals surface area (Å²) >= 11 is 8.27. The van der Waals surface area contributed by atoms with Crippen LogP contribution in [0.25, 0.3) is 10.2 Å². The topological polar surface area (TPSA) is 70.4 Å². The van der Waals surface area contributed by atoms with Crippen LogP contribution in [0.15, 0.2) is 38.6 Å². The lowest BCUT2D eigenvalue weighted by Gasteiger charge is -2.03. The second-order valence-electron chi connectivity index (χ2n) is 5.45. The van der Waals surface area contributed by atoms with E-state index in [-0.39, 0.29) is 5.75 Å². The van der Waals surface area contributed by atoms with Crippen molar-refractivity contribution in [1.29, 1.82) is 0 Å². The molecule has 124 valence electrons. The zero-order chi connectivity index (χ0) is 17.3. The first-order valence-corrected chi connectivity index (χ1v) is 9.57. The Morgan fingerprint density at radius 3 is 2.58 bits per heavy atom. The predicted molar refractivity (Wildman–Crippen MR) is 106 cm³/mol. The highest BCUT2D eigenvalue weighted by molar-refractivity contribution is 9.11. The van der Waals surface area contributed by atoms with Crippen molar-refractivity contribution in [3.63, 3.8) is 0 Å². The van der Waals surface area contributed by atoms with Gasteiger partial charge in [-0.05, 0) is 61.5 Å². The normalized spacial score (nSPS) is 11.7. The molecule has 0 radical (unpaired) electrons. The molecule has 3 aromatic rings. The van der Waals surface area contributed by atoms with E-state index in [1.165, 1.54) is 11.2 Å². The van der Waals surface area contributed by atoms with Gasteiger partial charge in [0.15, 0.2) is 5.82 Å². The molecule has 0 saturated heterocycles. The molecule has 1 aromatic carbocycles. The maximum atomic E-state index is 9.73. The summed E-state index contributed by atoms with van der Waals surface area (Å²) in [5.74, 6) is 1.29. The molecule has 2 aromatic heterocycles. The molecule has 0 atom stereocenters. The minimum Gasteiger partial charge on any atom is -0.506 e. The fourth-order valence-corrected chi connectivity index (χ4v) is 4.30. The highest BCUT2D eigenvalue weighted by Gasteiger charge is 2.10. The van der Waals surface area contributed by atoms with Crippen molar-refractivity contribution in [2.45, 2.75) is 19.8 Å². The number of anilines is 1. The van der Waals surface area contributed by atoms with E-state index in [1.54, 1.807) is 29.7 Å². The lowest BCUT2D eigenvalue weighted by atomic mass is 10.2. The number of fused-ring (bicyclic) bond motifs is 1. The lowest BCUT2D eigenvalue weighted by molar-refractivity contribution is 0.468. The first-order chi connectivity index (χ1) is 11.5. The van der Waals surface area contributed by atoms with Crippen LogP contribution < -0.4 is 5.43 Å². The number of thiophene rings is 1. The number of benzene rings is 1. The summed E-state index contributed by atoms with van der Waals surface area (Å²) in [6.07, 6.45) is 3.20. The Kier molecular flexibility index (Phi) is 5.17. The fourth-order valence-electron chi connectivity index (χ4n) is 2.08. The van der Waals surface area contributed by atoms with E-state index in [4.69, 9.17) is 0 Å². The molecule has 0 bridgehead atoms. The molecule has 0 aliphatic heterocycles. The Morgan fingerprint density at radius 2 is 1.92 bits per heavy atom. The zero-order valence-corrected chi connectivity index (χ0v) is 16.9. The van der Waals surface area contributed by atoms with E-state index in [0.29, 0.717) is 20.7 Å². The number of hydrogen-bond donors (Lipinski definition) is 2. The van der Waals surface area contributed by atoms with Crippen molar-refractivity contribution in [3.8, 4) is 5.75 Å². The van der Waals surface area contributed by atoms with E-state index in [0.717, 1.165) is 15.8 Å². The van der Waals surface area contributed by atoms with Crippen LogP contribution in [0.2, 0.25) is 0 Å². The summed E-state index contributed by atoms with van der Waals surface area (Å²) in [5.41, 5.74) is 3.80. The number of aromatic nitrogens is 2. The molecule has 2 heterocycles. The van der Waals surface area contributed by atoms with Gasteiger partial charge in [-0.3, -0.25) is 5.43 Å². The molecule has 24 heavy (non-hydrogen) atoms. The smallest absolute Gasteiger partial charge is 0.158 e. The van der Waals surface area contributed by atoms with Crippen LogP contribution >= 0.6 is 43.2 Å². The van der Waals surface area contributed by atoms with Gasteiger partial charge in [0, 0.05) is 4.88 Å². The molecule has 0 unspecified atom stereocenters. The van der Waals surface area contributed by atoms with E-state index in [2.05, 4.69) is 72.3 Å². The van der Waals surface area contributed by atoms with Crippen molar-refractivity contribution >= 4 is 65.4 Å². The number of phenols is 1. The van der Waals surface area contributed by atoms with Crippen LogP contribution in [-0.4, -0.2) is 21.3 Å². The first-order valence-electron chi connectivity index (χ1n) is 7.17. The van der Waals surface area contributed by atoms with E-state index in [1.807, 2.05) is 0 Å². The minimum absolute atomic E-state index is 0.164. The van der Waals surface area contributed by atoms with Crippen molar-refractivity contribution in [2.24, 2.45) is 5.10 Å². The van der Waals surface area contributed by atoms with E-state index in [9.17, 15) is 5.11 Å². The van der Waals surface area contributed by atoms with Crippen LogP contribution in [0.3, 0.4) is 0 Å². The Balaban J connectivity index is 1.85. The molecule has 3 rings (SSSR count). The zero-order valence-electron chi connectivity index (χ0n) is 12.9. The summed E-state index contributed by atoms with van der Waals surface area (Å²) in [5, 5.41) is 14.9. The Labute approximate surface area is 160 Å². The maximum Gasteiger partial charge on any atom is 0.158 e. The second kappa shape index (κ2) is 7.16. The average Bonchev–Trinajstić information content (AvgIpc) is 2.98. The summed E-state index contributed by atoms with van der Waals surface area (Å²) < 4.78 is 1.20. The van der Waals surface area contributed by atoms with Gasteiger partial charge < -0.3 is 5.11 Å². The Hall–Kier alpha value is -1.51. The number of hydrogen-bond acceptors (Lipinski definition) is 6. The molecule has 0 amide bonds. The molecule has 0 aliphatic carbocycles.